The molecule has 2 aromatic rings. The fourth-order valence-corrected chi connectivity index (χ4v) is 2.74. The van der Waals surface area contributed by atoms with E-state index in [2.05, 4.69) is 11.1 Å². The molecule has 1 aromatic heterocycles. The van der Waals surface area contributed by atoms with Crippen molar-refractivity contribution in [3.05, 3.63) is 45.4 Å². The number of benzene rings is 1. The highest BCUT2D eigenvalue weighted by Crippen LogP contribution is 2.29. The zero-order chi connectivity index (χ0) is 13.8. The Bertz CT molecular complexity index is 621. The fraction of sp³-hybridized carbons (Fsp3) is 0.231. The minimum absolute atomic E-state index is 0.103. The van der Waals surface area contributed by atoms with Crippen LogP contribution in [0.1, 0.15) is 16.0 Å². The maximum absolute atomic E-state index is 9.10. The molecule has 1 aromatic carbocycles. The lowest BCUT2D eigenvalue weighted by atomic mass is 10.1. The lowest BCUT2D eigenvalue weighted by molar-refractivity contribution is 0.285. The Morgan fingerprint density at radius 1 is 1.53 bits per heavy atom. The first-order valence-corrected chi connectivity index (χ1v) is 6.79. The van der Waals surface area contributed by atoms with Crippen LogP contribution in [0.3, 0.4) is 0 Å². The van der Waals surface area contributed by atoms with Crippen molar-refractivity contribution in [1.82, 2.24) is 4.98 Å². The van der Waals surface area contributed by atoms with E-state index in [9.17, 15) is 0 Å². The molecule has 0 bridgehead atoms. The van der Waals surface area contributed by atoms with Crippen LogP contribution in [0, 0.1) is 11.3 Å². The van der Waals surface area contributed by atoms with E-state index >= 15 is 0 Å². The first-order valence-electron chi connectivity index (χ1n) is 5.60. The van der Waals surface area contributed by atoms with Crippen LogP contribution in [0.25, 0.3) is 0 Å². The standard InChI is InChI=1S/C13H12ClN3OS/c1-17(13-16-12(14)11(8-18)19-13)7-10-4-2-3-9(5-10)6-15/h2-5,18H,7-8H2,1H3. The van der Waals surface area contributed by atoms with Crippen molar-refractivity contribution in [3.63, 3.8) is 0 Å². The molecule has 0 radical (unpaired) electrons. The zero-order valence-corrected chi connectivity index (χ0v) is 11.9. The van der Waals surface area contributed by atoms with E-state index < -0.39 is 0 Å². The van der Waals surface area contributed by atoms with Crippen molar-refractivity contribution in [2.24, 2.45) is 0 Å². The summed E-state index contributed by atoms with van der Waals surface area (Å²) in [5.41, 5.74) is 1.66. The smallest absolute Gasteiger partial charge is 0.187 e. The highest BCUT2D eigenvalue weighted by molar-refractivity contribution is 7.16. The molecule has 0 saturated heterocycles. The maximum Gasteiger partial charge on any atom is 0.187 e. The highest BCUT2D eigenvalue weighted by atomic mass is 35.5. The van der Waals surface area contributed by atoms with Gasteiger partial charge in [-0.05, 0) is 17.7 Å². The predicted octanol–water partition coefficient (Wildman–Crippen LogP) is 2.80. The molecular weight excluding hydrogens is 282 g/mol. The van der Waals surface area contributed by atoms with Crippen LogP contribution in [0.5, 0.6) is 0 Å². The predicted molar refractivity (Wildman–Crippen MR) is 76.3 cm³/mol. The third-order valence-electron chi connectivity index (χ3n) is 2.58. The summed E-state index contributed by atoms with van der Waals surface area (Å²) < 4.78 is 0. The van der Waals surface area contributed by atoms with Crippen LogP contribution >= 0.6 is 22.9 Å². The largest absolute Gasteiger partial charge is 0.391 e. The quantitative estimate of drug-likeness (QED) is 0.941. The van der Waals surface area contributed by atoms with E-state index in [0.29, 0.717) is 22.1 Å². The van der Waals surface area contributed by atoms with E-state index in [0.717, 1.165) is 10.7 Å². The molecule has 6 heteroatoms. The Kier molecular flexibility index (Phi) is 4.38. The number of hydrogen-bond acceptors (Lipinski definition) is 5. The highest BCUT2D eigenvalue weighted by Gasteiger charge is 2.12. The molecule has 1 heterocycles. The Balaban J connectivity index is 2.15. The van der Waals surface area contributed by atoms with Crippen molar-refractivity contribution >= 4 is 28.1 Å². The lowest BCUT2D eigenvalue weighted by Crippen LogP contribution is -2.16. The summed E-state index contributed by atoms with van der Waals surface area (Å²) in [5, 5.41) is 19.1. The lowest BCUT2D eigenvalue weighted by Gasteiger charge is -2.15. The summed E-state index contributed by atoms with van der Waals surface area (Å²) >= 11 is 7.27. The van der Waals surface area contributed by atoms with Gasteiger partial charge in [-0.25, -0.2) is 4.98 Å². The minimum Gasteiger partial charge on any atom is -0.391 e. The van der Waals surface area contributed by atoms with Crippen molar-refractivity contribution in [1.29, 1.82) is 5.26 Å². The van der Waals surface area contributed by atoms with Gasteiger partial charge in [-0.3, -0.25) is 0 Å². The van der Waals surface area contributed by atoms with Gasteiger partial charge in [-0.1, -0.05) is 35.1 Å². The second-order valence-electron chi connectivity index (χ2n) is 4.04. The molecule has 2 rings (SSSR count). The number of aliphatic hydroxyl groups excluding tert-OH is 1. The Labute approximate surface area is 120 Å². The molecule has 0 aliphatic rings. The number of anilines is 1. The van der Waals surface area contributed by atoms with Crippen LogP contribution in [0.15, 0.2) is 24.3 Å². The molecule has 1 N–H and O–H groups in total. The Hall–Kier alpha value is -1.61. The normalized spacial score (nSPS) is 10.2. The summed E-state index contributed by atoms with van der Waals surface area (Å²) in [6.45, 7) is 0.526. The molecule has 0 atom stereocenters. The second-order valence-corrected chi connectivity index (χ2v) is 5.46. The van der Waals surface area contributed by atoms with Crippen molar-refractivity contribution in [3.8, 4) is 6.07 Å². The average Bonchev–Trinajstić information content (AvgIpc) is 2.80. The number of aliphatic hydroxyl groups is 1. The average molecular weight is 294 g/mol. The van der Waals surface area contributed by atoms with Crippen LogP contribution in [-0.4, -0.2) is 17.1 Å². The third-order valence-corrected chi connectivity index (χ3v) is 4.16. The van der Waals surface area contributed by atoms with E-state index in [1.54, 1.807) is 6.07 Å². The molecule has 0 aliphatic heterocycles. The molecule has 0 aliphatic carbocycles. The molecule has 19 heavy (non-hydrogen) atoms. The minimum atomic E-state index is -0.103. The second kappa shape index (κ2) is 6.02. The number of halogens is 1. The molecule has 98 valence electrons. The van der Waals surface area contributed by atoms with Crippen LogP contribution in [0.2, 0.25) is 5.15 Å². The first-order chi connectivity index (χ1) is 9.13. The number of hydrogen-bond donors (Lipinski definition) is 1. The number of nitriles is 1. The van der Waals surface area contributed by atoms with E-state index in [4.69, 9.17) is 22.0 Å². The van der Waals surface area contributed by atoms with Crippen LogP contribution in [-0.2, 0) is 13.2 Å². The molecule has 4 nitrogen and oxygen atoms in total. The zero-order valence-electron chi connectivity index (χ0n) is 10.3. The first kappa shape index (κ1) is 13.8. The Morgan fingerprint density at radius 2 is 2.32 bits per heavy atom. The summed E-state index contributed by atoms with van der Waals surface area (Å²) in [4.78, 5) is 6.80. The van der Waals surface area contributed by atoms with Gasteiger partial charge in [0.2, 0.25) is 0 Å². The SMILES string of the molecule is CN(Cc1cccc(C#N)c1)c1nc(Cl)c(CO)s1. The Morgan fingerprint density at radius 3 is 2.95 bits per heavy atom. The topological polar surface area (TPSA) is 60.2 Å². The summed E-state index contributed by atoms with van der Waals surface area (Å²) in [7, 11) is 1.90. The molecule has 0 spiro atoms. The number of aromatic nitrogens is 1. The summed E-state index contributed by atoms with van der Waals surface area (Å²) in [5.74, 6) is 0. The number of thiazole rings is 1. The van der Waals surface area contributed by atoms with Crippen molar-refractivity contribution in [2.75, 3.05) is 11.9 Å². The summed E-state index contributed by atoms with van der Waals surface area (Å²) in [6, 6.07) is 9.55. The maximum atomic E-state index is 9.10. The van der Waals surface area contributed by atoms with Gasteiger partial charge in [0.15, 0.2) is 5.13 Å². The molecular formula is C13H12ClN3OS. The monoisotopic (exact) mass is 293 g/mol. The number of nitrogens with zero attached hydrogens (tertiary/aromatic N) is 3. The van der Waals surface area contributed by atoms with Crippen LogP contribution in [0.4, 0.5) is 5.13 Å². The van der Waals surface area contributed by atoms with Gasteiger partial charge in [0, 0.05) is 13.6 Å². The van der Waals surface area contributed by atoms with Gasteiger partial charge in [0.05, 0.1) is 23.1 Å². The van der Waals surface area contributed by atoms with Crippen LogP contribution < -0.4 is 4.90 Å². The van der Waals surface area contributed by atoms with Gasteiger partial charge >= 0.3 is 0 Å². The van der Waals surface area contributed by atoms with Gasteiger partial charge in [0.25, 0.3) is 0 Å². The van der Waals surface area contributed by atoms with Gasteiger partial charge in [0.1, 0.15) is 5.15 Å². The molecule has 0 saturated carbocycles. The van der Waals surface area contributed by atoms with Crippen molar-refractivity contribution < 1.29 is 5.11 Å². The van der Waals surface area contributed by atoms with Gasteiger partial charge in [-0.2, -0.15) is 5.26 Å². The fourth-order valence-electron chi connectivity index (χ4n) is 1.66. The van der Waals surface area contributed by atoms with Gasteiger partial charge in [-0.15, -0.1) is 0 Å². The van der Waals surface area contributed by atoms with E-state index in [1.165, 1.54) is 11.3 Å². The van der Waals surface area contributed by atoms with E-state index in [1.807, 2.05) is 30.1 Å². The molecule has 0 unspecified atom stereocenters. The summed E-state index contributed by atoms with van der Waals surface area (Å²) in [6.07, 6.45) is 0. The molecule has 0 fully saturated rings. The number of rotatable bonds is 4. The van der Waals surface area contributed by atoms with E-state index in [-0.39, 0.29) is 6.61 Å². The van der Waals surface area contributed by atoms with Gasteiger partial charge < -0.3 is 10.0 Å². The third kappa shape index (κ3) is 3.24. The van der Waals surface area contributed by atoms with Crippen molar-refractivity contribution in [2.45, 2.75) is 13.2 Å². The molecule has 0 amide bonds.